The average molecular weight is 385 g/mol. The van der Waals surface area contributed by atoms with E-state index in [2.05, 4.69) is 9.71 Å². The molecule has 27 heavy (non-hydrogen) atoms. The van der Waals surface area contributed by atoms with Gasteiger partial charge in [-0.05, 0) is 55.3 Å². The minimum absolute atomic E-state index is 0.275. The molecule has 0 radical (unpaired) electrons. The monoisotopic (exact) mass is 384 g/mol. The van der Waals surface area contributed by atoms with Crippen LogP contribution in [0.1, 0.15) is 16.8 Å². The molecule has 0 aliphatic rings. The number of hydrogen-bond donors (Lipinski definition) is 2. The summed E-state index contributed by atoms with van der Waals surface area (Å²) in [5, 5.41) is 0. The number of aryl methyl sites for hydroxylation is 1. The van der Waals surface area contributed by atoms with Crippen molar-refractivity contribution in [1.82, 2.24) is 9.71 Å². The Morgan fingerprint density at radius 2 is 1.70 bits per heavy atom. The van der Waals surface area contributed by atoms with Crippen LogP contribution in [-0.4, -0.2) is 26.6 Å². The maximum atomic E-state index is 12.8. The van der Waals surface area contributed by atoms with Crippen molar-refractivity contribution >= 4 is 10.0 Å². The third kappa shape index (κ3) is 5.21. The first-order valence-corrected chi connectivity index (χ1v) is 10.3. The lowest BCUT2D eigenvalue weighted by Gasteiger charge is -2.19. The molecule has 0 bridgehead atoms. The molecule has 3 rings (SSSR count). The fourth-order valence-electron chi connectivity index (χ4n) is 2.97. The van der Waals surface area contributed by atoms with Gasteiger partial charge in [0, 0.05) is 24.4 Å². The lowest BCUT2D eigenvalue weighted by molar-refractivity contribution is 0.414. The smallest absolute Gasteiger partial charge is 0.240 e. The van der Waals surface area contributed by atoms with E-state index in [1.165, 1.54) is 0 Å². The summed E-state index contributed by atoms with van der Waals surface area (Å²) < 4.78 is 33.7. The molecule has 0 saturated heterocycles. The number of H-pyrrole nitrogens is 1. The van der Waals surface area contributed by atoms with Gasteiger partial charge in [-0.3, -0.25) is 0 Å². The Hall–Kier alpha value is -2.57. The highest BCUT2D eigenvalue weighted by Crippen LogP contribution is 2.16. The molecule has 1 unspecified atom stereocenters. The summed E-state index contributed by atoms with van der Waals surface area (Å²) in [7, 11) is -1.98. The largest absolute Gasteiger partial charge is 0.497 e. The van der Waals surface area contributed by atoms with Crippen LogP contribution in [0.3, 0.4) is 0 Å². The van der Waals surface area contributed by atoms with Crippen molar-refractivity contribution in [3.05, 3.63) is 83.7 Å². The second-order valence-corrected chi connectivity index (χ2v) is 8.30. The van der Waals surface area contributed by atoms with E-state index in [-0.39, 0.29) is 10.9 Å². The summed E-state index contributed by atoms with van der Waals surface area (Å²) in [4.78, 5) is 3.43. The second kappa shape index (κ2) is 8.41. The number of ether oxygens (including phenoxy) is 1. The molecule has 1 aromatic heterocycles. The third-order valence-electron chi connectivity index (χ3n) is 4.42. The van der Waals surface area contributed by atoms with Gasteiger partial charge in [-0.25, -0.2) is 13.1 Å². The second-order valence-electron chi connectivity index (χ2n) is 6.58. The van der Waals surface area contributed by atoms with Crippen LogP contribution < -0.4 is 9.46 Å². The third-order valence-corrected chi connectivity index (χ3v) is 5.96. The van der Waals surface area contributed by atoms with Crippen LogP contribution in [0.5, 0.6) is 5.75 Å². The Labute approximate surface area is 160 Å². The quantitative estimate of drug-likeness (QED) is 0.625. The van der Waals surface area contributed by atoms with E-state index in [1.54, 1.807) is 31.4 Å². The minimum Gasteiger partial charge on any atom is -0.497 e. The number of sulfonamides is 1. The summed E-state index contributed by atoms with van der Waals surface area (Å²) >= 11 is 0. The van der Waals surface area contributed by atoms with E-state index in [0.29, 0.717) is 12.8 Å². The Morgan fingerprint density at radius 1 is 1.00 bits per heavy atom. The number of aromatic nitrogens is 1. The van der Waals surface area contributed by atoms with Crippen LogP contribution in [0, 0.1) is 6.92 Å². The number of hydrogen-bond acceptors (Lipinski definition) is 3. The molecular formula is C21H24N2O3S. The topological polar surface area (TPSA) is 71.2 Å². The molecule has 1 atom stereocenters. The number of nitrogens with one attached hydrogen (secondary N) is 2. The number of benzene rings is 2. The van der Waals surface area contributed by atoms with E-state index in [0.717, 1.165) is 22.6 Å². The average Bonchev–Trinajstić information content (AvgIpc) is 3.15. The van der Waals surface area contributed by atoms with Crippen molar-refractivity contribution in [3.8, 4) is 5.75 Å². The van der Waals surface area contributed by atoms with Gasteiger partial charge in [-0.2, -0.15) is 0 Å². The molecule has 5 nitrogen and oxygen atoms in total. The molecular weight excluding hydrogens is 360 g/mol. The van der Waals surface area contributed by atoms with Gasteiger partial charge in [-0.15, -0.1) is 0 Å². The van der Waals surface area contributed by atoms with Gasteiger partial charge in [0.15, 0.2) is 0 Å². The normalized spacial score (nSPS) is 12.7. The zero-order valence-electron chi connectivity index (χ0n) is 15.5. The van der Waals surface area contributed by atoms with Crippen molar-refractivity contribution in [3.63, 3.8) is 0 Å². The first-order valence-electron chi connectivity index (χ1n) is 8.80. The summed E-state index contributed by atoms with van der Waals surface area (Å²) in [6.45, 7) is 1.93. The van der Waals surface area contributed by atoms with Gasteiger partial charge in [-0.1, -0.05) is 29.8 Å². The van der Waals surface area contributed by atoms with Crippen LogP contribution >= 0.6 is 0 Å². The summed E-state index contributed by atoms with van der Waals surface area (Å²) in [6.07, 6.45) is 2.99. The summed E-state index contributed by atoms with van der Waals surface area (Å²) in [5.74, 6) is 0.778. The molecule has 1 heterocycles. The fourth-order valence-corrected chi connectivity index (χ4v) is 4.20. The summed E-state index contributed by atoms with van der Waals surface area (Å²) in [5.41, 5.74) is 3.05. The molecule has 0 amide bonds. The first-order chi connectivity index (χ1) is 13.0. The van der Waals surface area contributed by atoms with Crippen LogP contribution in [0.15, 0.2) is 71.8 Å². The van der Waals surface area contributed by atoms with E-state index < -0.39 is 10.0 Å². The molecule has 0 aliphatic heterocycles. The zero-order chi connectivity index (χ0) is 19.3. The molecule has 0 spiro atoms. The highest BCUT2D eigenvalue weighted by molar-refractivity contribution is 7.89. The highest BCUT2D eigenvalue weighted by atomic mass is 32.2. The SMILES string of the molecule is COc1ccc(CC(Cc2ccc[nH]2)NS(=O)(=O)c2ccc(C)cc2)cc1. The molecule has 3 aromatic rings. The van der Waals surface area contributed by atoms with Gasteiger partial charge in [0.2, 0.25) is 10.0 Å². The molecule has 0 saturated carbocycles. The maximum Gasteiger partial charge on any atom is 0.240 e. The van der Waals surface area contributed by atoms with E-state index >= 15 is 0 Å². The Kier molecular flexibility index (Phi) is 5.98. The van der Waals surface area contributed by atoms with Crippen molar-refractivity contribution in [2.45, 2.75) is 30.7 Å². The molecule has 0 aliphatic carbocycles. The van der Waals surface area contributed by atoms with Gasteiger partial charge in [0.1, 0.15) is 5.75 Å². The van der Waals surface area contributed by atoms with E-state index in [9.17, 15) is 8.42 Å². The van der Waals surface area contributed by atoms with Crippen molar-refractivity contribution in [2.24, 2.45) is 0 Å². The zero-order valence-corrected chi connectivity index (χ0v) is 16.3. The minimum atomic E-state index is -3.60. The van der Waals surface area contributed by atoms with E-state index in [1.807, 2.05) is 49.5 Å². The van der Waals surface area contributed by atoms with Crippen molar-refractivity contribution in [1.29, 1.82) is 0 Å². The van der Waals surface area contributed by atoms with Gasteiger partial charge in [0.05, 0.1) is 12.0 Å². The number of methoxy groups -OCH3 is 1. The predicted molar refractivity (Wildman–Crippen MR) is 106 cm³/mol. The molecule has 2 N–H and O–H groups in total. The lowest BCUT2D eigenvalue weighted by atomic mass is 10.0. The lowest BCUT2D eigenvalue weighted by Crippen LogP contribution is -2.38. The number of rotatable bonds is 8. The molecule has 0 fully saturated rings. The number of aromatic amines is 1. The van der Waals surface area contributed by atoms with E-state index in [4.69, 9.17) is 4.74 Å². The van der Waals surface area contributed by atoms with Crippen molar-refractivity contribution < 1.29 is 13.2 Å². The molecule has 142 valence electrons. The van der Waals surface area contributed by atoms with Crippen LogP contribution in [0.4, 0.5) is 0 Å². The molecule has 6 heteroatoms. The van der Waals surface area contributed by atoms with Gasteiger partial charge in [0.25, 0.3) is 0 Å². The fraction of sp³-hybridized carbons (Fsp3) is 0.238. The molecule has 2 aromatic carbocycles. The maximum absolute atomic E-state index is 12.8. The van der Waals surface area contributed by atoms with Crippen LogP contribution in [0.25, 0.3) is 0 Å². The van der Waals surface area contributed by atoms with Gasteiger partial charge >= 0.3 is 0 Å². The highest BCUT2D eigenvalue weighted by Gasteiger charge is 2.21. The Balaban J connectivity index is 1.81. The first kappa shape index (κ1) is 19.2. The predicted octanol–water partition coefficient (Wildman–Crippen LogP) is 3.46. The Bertz CT molecular complexity index is 948. The standard InChI is InChI=1S/C21H24N2O3S/c1-16-5-11-21(12-6-16)27(24,25)23-19(15-18-4-3-13-22-18)14-17-7-9-20(26-2)10-8-17/h3-13,19,22-23H,14-15H2,1-2H3. The van der Waals surface area contributed by atoms with Crippen molar-refractivity contribution in [2.75, 3.05) is 7.11 Å². The van der Waals surface area contributed by atoms with Gasteiger partial charge < -0.3 is 9.72 Å². The van der Waals surface area contributed by atoms with Crippen LogP contribution in [-0.2, 0) is 22.9 Å². The van der Waals surface area contributed by atoms with Crippen LogP contribution in [0.2, 0.25) is 0 Å². The summed E-state index contributed by atoms with van der Waals surface area (Å²) in [6, 6.07) is 18.2. The Morgan fingerprint density at radius 3 is 2.30 bits per heavy atom.